The van der Waals surface area contributed by atoms with Crippen LogP contribution in [0.3, 0.4) is 0 Å². The van der Waals surface area contributed by atoms with Crippen molar-refractivity contribution in [2.24, 2.45) is 0 Å². The third-order valence-corrected chi connectivity index (χ3v) is 6.44. The Morgan fingerprint density at radius 3 is 2.69 bits per heavy atom. The molecule has 0 unspecified atom stereocenters. The molecular formula is C24H25N7O. The molecule has 2 aromatic carbocycles. The first kappa shape index (κ1) is 19.2. The average molecular weight is 428 g/mol. The molecule has 2 aromatic heterocycles. The van der Waals surface area contributed by atoms with Gasteiger partial charge in [0.1, 0.15) is 18.0 Å². The maximum Gasteiger partial charge on any atom is 0.194 e. The summed E-state index contributed by atoms with van der Waals surface area (Å²) in [5.41, 5.74) is 5.56. The monoisotopic (exact) mass is 427 g/mol. The molecule has 1 saturated heterocycles. The first-order valence-corrected chi connectivity index (χ1v) is 11.1. The molecule has 0 saturated carbocycles. The zero-order valence-corrected chi connectivity index (χ0v) is 18.1. The number of benzene rings is 2. The molecule has 0 spiro atoms. The summed E-state index contributed by atoms with van der Waals surface area (Å²) < 4.78 is 7.79. The molecule has 4 heterocycles. The summed E-state index contributed by atoms with van der Waals surface area (Å²) in [6, 6.07) is 17.0. The zero-order valence-electron chi connectivity index (χ0n) is 18.1. The Labute approximate surface area is 186 Å². The maximum absolute atomic E-state index is 6.01. The number of tetrazole rings is 1. The Balaban J connectivity index is 1.13. The minimum Gasteiger partial charge on any atom is -0.483 e. The van der Waals surface area contributed by atoms with Crippen LogP contribution in [0.1, 0.15) is 17.1 Å². The summed E-state index contributed by atoms with van der Waals surface area (Å²) >= 11 is 0. The van der Waals surface area contributed by atoms with E-state index in [2.05, 4.69) is 67.8 Å². The maximum atomic E-state index is 6.01. The molecule has 8 heteroatoms. The van der Waals surface area contributed by atoms with Crippen LogP contribution < -0.4 is 9.64 Å². The number of ether oxygens (including phenoxy) is 1. The third kappa shape index (κ3) is 3.36. The van der Waals surface area contributed by atoms with Gasteiger partial charge < -0.3 is 9.64 Å². The number of aromatic nitrogens is 5. The van der Waals surface area contributed by atoms with Crippen LogP contribution in [0.4, 0.5) is 5.69 Å². The van der Waals surface area contributed by atoms with Crippen LogP contribution in [-0.4, -0.2) is 62.8 Å². The number of hydrogen-bond acceptors (Lipinski definition) is 7. The number of fused-ring (bicyclic) bond motifs is 4. The van der Waals surface area contributed by atoms with Crippen molar-refractivity contribution in [2.45, 2.75) is 20.0 Å². The van der Waals surface area contributed by atoms with Crippen molar-refractivity contribution in [1.29, 1.82) is 0 Å². The quantitative estimate of drug-likeness (QED) is 0.496. The van der Waals surface area contributed by atoms with E-state index in [-0.39, 0.29) is 0 Å². The van der Waals surface area contributed by atoms with Gasteiger partial charge in [0.05, 0.1) is 5.52 Å². The fourth-order valence-electron chi connectivity index (χ4n) is 4.73. The highest BCUT2D eigenvalue weighted by molar-refractivity contribution is 5.92. The highest BCUT2D eigenvalue weighted by Crippen LogP contribution is 2.32. The Hall–Kier alpha value is -3.52. The Morgan fingerprint density at radius 2 is 1.78 bits per heavy atom. The lowest BCUT2D eigenvalue weighted by molar-refractivity contribution is 0.253. The van der Waals surface area contributed by atoms with Crippen LogP contribution in [0.5, 0.6) is 5.75 Å². The molecule has 0 radical (unpaired) electrons. The molecule has 0 aliphatic carbocycles. The topological polar surface area (TPSA) is 72.2 Å². The lowest BCUT2D eigenvalue weighted by Gasteiger charge is -2.36. The second-order valence-corrected chi connectivity index (χ2v) is 8.44. The molecule has 32 heavy (non-hydrogen) atoms. The molecule has 1 fully saturated rings. The van der Waals surface area contributed by atoms with Gasteiger partial charge in [-0.15, -0.1) is 5.10 Å². The van der Waals surface area contributed by atoms with E-state index < -0.39 is 0 Å². The molecule has 0 atom stereocenters. The third-order valence-electron chi connectivity index (χ3n) is 6.44. The van der Waals surface area contributed by atoms with E-state index >= 15 is 0 Å². The van der Waals surface area contributed by atoms with Crippen LogP contribution in [0, 0.1) is 6.92 Å². The minimum atomic E-state index is 0.412. The molecular weight excluding hydrogens is 402 g/mol. The highest BCUT2D eigenvalue weighted by Gasteiger charge is 2.23. The molecule has 0 bridgehead atoms. The van der Waals surface area contributed by atoms with E-state index in [1.807, 2.05) is 13.0 Å². The lowest BCUT2D eigenvalue weighted by Crippen LogP contribution is -2.47. The Morgan fingerprint density at radius 1 is 0.938 bits per heavy atom. The van der Waals surface area contributed by atoms with Gasteiger partial charge in [0, 0.05) is 49.5 Å². The van der Waals surface area contributed by atoms with Gasteiger partial charge in [0.25, 0.3) is 0 Å². The van der Waals surface area contributed by atoms with E-state index in [4.69, 9.17) is 9.72 Å². The second-order valence-electron chi connectivity index (χ2n) is 8.44. The molecule has 162 valence electrons. The molecule has 2 aliphatic heterocycles. The van der Waals surface area contributed by atoms with E-state index in [1.54, 1.807) is 4.68 Å². The number of aryl methyl sites for hydroxylation is 1. The minimum absolute atomic E-state index is 0.412. The molecule has 0 amide bonds. The van der Waals surface area contributed by atoms with Gasteiger partial charge in [0.2, 0.25) is 0 Å². The summed E-state index contributed by atoms with van der Waals surface area (Å²) in [4.78, 5) is 9.72. The lowest BCUT2D eigenvalue weighted by atomic mass is 10.1. The van der Waals surface area contributed by atoms with Gasteiger partial charge in [-0.05, 0) is 59.7 Å². The molecule has 0 N–H and O–H groups in total. The van der Waals surface area contributed by atoms with E-state index in [0.29, 0.717) is 6.61 Å². The van der Waals surface area contributed by atoms with Crippen molar-refractivity contribution < 1.29 is 4.74 Å². The van der Waals surface area contributed by atoms with Crippen molar-refractivity contribution in [3.05, 3.63) is 65.6 Å². The number of nitrogens with zero attached hydrogens (tertiary/aromatic N) is 7. The number of anilines is 1. The zero-order chi connectivity index (χ0) is 21.5. The fourth-order valence-corrected chi connectivity index (χ4v) is 4.73. The normalized spacial score (nSPS) is 16.0. The van der Waals surface area contributed by atoms with Crippen molar-refractivity contribution >= 4 is 16.6 Å². The summed E-state index contributed by atoms with van der Waals surface area (Å²) in [5, 5.41) is 13.1. The summed E-state index contributed by atoms with van der Waals surface area (Å²) in [6.07, 6.45) is 0.943. The van der Waals surface area contributed by atoms with Gasteiger partial charge in [-0.2, -0.15) is 4.68 Å². The predicted octanol–water partition coefficient (Wildman–Crippen LogP) is 2.78. The van der Waals surface area contributed by atoms with Crippen molar-refractivity contribution in [3.63, 3.8) is 0 Å². The molecule has 2 aliphatic rings. The van der Waals surface area contributed by atoms with Crippen LogP contribution in [0.25, 0.3) is 16.6 Å². The first-order chi connectivity index (χ1) is 15.8. The van der Waals surface area contributed by atoms with Crippen LogP contribution >= 0.6 is 0 Å². The van der Waals surface area contributed by atoms with Gasteiger partial charge in [0.15, 0.2) is 5.82 Å². The standard InChI is InChI=1S/C24H25N7O/c1-17-8-9-19-20(25-17)5-3-6-21(19)30-14-12-29(13-15-30)11-10-18-4-2-7-22-24(18)32-16-23-26-27-28-31(22)23/h2-9H,10-16H2,1H3. The molecule has 6 rings (SSSR count). The largest absolute Gasteiger partial charge is 0.483 e. The predicted molar refractivity (Wildman–Crippen MR) is 122 cm³/mol. The Bertz CT molecular complexity index is 1280. The summed E-state index contributed by atoms with van der Waals surface area (Å²) in [6.45, 7) is 7.59. The van der Waals surface area contributed by atoms with Gasteiger partial charge in [-0.25, -0.2) is 0 Å². The smallest absolute Gasteiger partial charge is 0.194 e. The van der Waals surface area contributed by atoms with Crippen molar-refractivity contribution in [3.8, 4) is 11.4 Å². The van der Waals surface area contributed by atoms with Gasteiger partial charge in [-0.1, -0.05) is 18.2 Å². The molecule has 4 aromatic rings. The number of para-hydroxylation sites is 1. The highest BCUT2D eigenvalue weighted by atomic mass is 16.5. The molecule has 8 nitrogen and oxygen atoms in total. The van der Waals surface area contributed by atoms with E-state index in [9.17, 15) is 0 Å². The van der Waals surface area contributed by atoms with Crippen LogP contribution in [0.15, 0.2) is 48.5 Å². The van der Waals surface area contributed by atoms with Crippen LogP contribution in [0.2, 0.25) is 0 Å². The number of pyridine rings is 1. The number of piperazine rings is 1. The SMILES string of the molecule is Cc1ccc2c(N3CCN(CCc4cccc5c4OCc4nnnn4-5)CC3)cccc2n1. The first-order valence-electron chi connectivity index (χ1n) is 11.1. The van der Waals surface area contributed by atoms with E-state index in [0.717, 1.165) is 67.6 Å². The number of rotatable bonds is 4. The number of hydrogen-bond donors (Lipinski definition) is 0. The van der Waals surface area contributed by atoms with Gasteiger partial charge >= 0.3 is 0 Å². The summed E-state index contributed by atoms with van der Waals surface area (Å²) in [5.74, 6) is 1.65. The van der Waals surface area contributed by atoms with Crippen LogP contribution in [-0.2, 0) is 13.0 Å². The Kier molecular flexibility index (Phi) is 4.72. The van der Waals surface area contributed by atoms with Crippen molar-refractivity contribution in [2.75, 3.05) is 37.6 Å². The van der Waals surface area contributed by atoms with Crippen molar-refractivity contribution in [1.82, 2.24) is 30.1 Å². The summed E-state index contributed by atoms with van der Waals surface area (Å²) in [7, 11) is 0. The second kappa shape index (κ2) is 7.87. The average Bonchev–Trinajstić information content (AvgIpc) is 3.32. The van der Waals surface area contributed by atoms with E-state index in [1.165, 1.54) is 16.6 Å². The van der Waals surface area contributed by atoms with Gasteiger partial charge in [-0.3, -0.25) is 9.88 Å². The fraction of sp³-hybridized carbons (Fsp3) is 0.333.